The van der Waals surface area contributed by atoms with Crippen molar-refractivity contribution in [1.29, 1.82) is 0 Å². The molecule has 0 bridgehead atoms. The van der Waals surface area contributed by atoms with Gasteiger partial charge in [-0.05, 0) is 18.6 Å². The van der Waals surface area contributed by atoms with E-state index in [1.807, 2.05) is 22.7 Å². The van der Waals surface area contributed by atoms with E-state index in [1.165, 1.54) is 5.56 Å². The van der Waals surface area contributed by atoms with Gasteiger partial charge in [-0.25, -0.2) is 4.98 Å². The van der Waals surface area contributed by atoms with Gasteiger partial charge in [0.1, 0.15) is 11.5 Å². The average molecular weight is 203 g/mol. The van der Waals surface area contributed by atoms with Crippen LogP contribution in [0.15, 0.2) is 18.3 Å². The molecule has 2 rings (SSSR count). The summed E-state index contributed by atoms with van der Waals surface area (Å²) in [5.41, 5.74) is 9.16. The monoisotopic (exact) mass is 203 g/mol. The van der Waals surface area contributed by atoms with Gasteiger partial charge in [0.05, 0.1) is 5.69 Å². The van der Waals surface area contributed by atoms with Gasteiger partial charge in [-0.3, -0.25) is 4.40 Å². The highest BCUT2D eigenvalue weighted by Crippen LogP contribution is 2.27. The van der Waals surface area contributed by atoms with E-state index in [0.29, 0.717) is 0 Å². The molecule has 3 heteroatoms. The van der Waals surface area contributed by atoms with Crippen molar-refractivity contribution < 1.29 is 0 Å². The molecule has 0 atom stereocenters. The van der Waals surface area contributed by atoms with E-state index >= 15 is 0 Å². The summed E-state index contributed by atoms with van der Waals surface area (Å²) < 4.78 is 1.95. The topological polar surface area (TPSA) is 43.3 Å². The van der Waals surface area contributed by atoms with Gasteiger partial charge in [0.2, 0.25) is 0 Å². The van der Waals surface area contributed by atoms with Crippen LogP contribution >= 0.6 is 0 Å². The molecular weight excluding hydrogens is 186 g/mol. The number of aryl methyl sites for hydroxylation is 1. The second-order valence-electron chi connectivity index (χ2n) is 5.03. The molecule has 2 aromatic rings. The lowest BCUT2D eigenvalue weighted by Gasteiger charge is -2.15. The molecule has 15 heavy (non-hydrogen) atoms. The van der Waals surface area contributed by atoms with Gasteiger partial charge in [-0.15, -0.1) is 0 Å². The molecule has 0 saturated heterocycles. The van der Waals surface area contributed by atoms with Gasteiger partial charge in [-0.1, -0.05) is 26.8 Å². The van der Waals surface area contributed by atoms with E-state index in [9.17, 15) is 0 Å². The van der Waals surface area contributed by atoms with Crippen LogP contribution in [0.1, 0.15) is 32.0 Å². The summed E-state index contributed by atoms with van der Waals surface area (Å²) in [5.74, 6) is 0.751. The minimum Gasteiger partial charge on any atom is -0.383 e. The standard InChI is InChI=1S/C12H17N3/c1-8-5-6-9-14-10(12(2,3)4)11(13)15(9)7-8/h5-7H,13H2,1-4H3. The summed E-state index contributed by atoms with van der Waals surface area (Å²) in [7, 11) is 0. The van der Waals surface area contributed by atoms with E-state index in [2.05, 4.69) is 32.7 Å². The Labute approximate surface area is 89.9 Å². The molecule has 0 fully saturated rings. The lowest BCUT2D eigenvalue weighted by atomic mass is 9.92. The highest BCUT2D eigenvalue weighted by molar-refractivity contribution is 5.55. The maximum atomic E-state index is 6.09. The van der Waals surface area contributed by atoms with Gasteiger partial charge < -0.3 is 5.73 Å². The number of aromatic nitrogens is 2. The van der Waals surface area contributed by atoms with Crippen molar-refractivity contribution in [2.45, 2.75) is 33.1 Å². The number of fused-ring (bicyclic) bond motifs is 1. The van der Waals surface area contributed by atoms with Crippen LogP contribution in [0.2, 0.25) is 0 Å². The molecule has 2 aromatic heterocycles. The highest BCUT2D eigenvalue weighted by Gasteiger charge is 2.22. The lowest BCUT2D eigenvalue weighted by Crippen LogP contribution is -2.14. The van der Waals surface area contributed by atoms with Gasteiger partial charge in [0.15, 0.2) is 0 Å². The third-order valence-corrected chi connectivity index (χ3v) is 2.51. The smallest absolute Gasteiger partial charge is 0.138 e. The molecule has 0 unspecified atom stereocenters. The quantitative estimate of drug-likeness (QED) is 0.715. The highest BCUT2D eigenvalue weighted by atomic mass is 15.1. The van der Waals surface area contributed by atoms with Crippen molar-refractivity contribution in [1.82, 2.24) is 9.38 Å². The lowest BCUT2D eigenvalue weighted by molar-refractivity contribution is 0.576. The number of rotatable bonds is 0. The summed E-state index contributed by atoms with van der Waals surface area (Å²) >= 11 is 0. The van der Waals surface area contributed by atoms with Crippen molar-refractivity contribution in [3.63, 3.8) is 0 Å². The Morgan fingerprint density at radius 3 is 2.53 bits per heavy atom. The maximum Gasteiger partial charge on any atom is 0.138 e. The molecular formula is C12H17N3. The van der Waals surface area contributed by atoms with Crippen LogP contribution in [0.3, 0.4) is 0 Å². The summed E-state index contributed by atoms with van der Waals surface area (Å²) in [5, 5.41) is 0. The number of hydrogen-bond acceptors (Lipinski definition) is 2. The predicted molar refractivity (Wildman–Crippen MR) is 63.0 cm³/mol. The Balaban J connectivity index is 2.76. The van der Waals surface area contributed by atoms with Crippen molar-refractivity contribution >= 4 is 11.5 Å². The zero-order valence-corrected chi connectivity index (χ0v) is 9.70. The predicted octanol–water partition coefficient (Wildman–Crippen LogP) is 2.52. The van der Waals surface area contributed by atoms with Crippen molar-refractivity contribution in [3.8, 4) is 0 Å². The van der Waals surface area contributed by atoms with Crippen molar-refractivity contribution in [2.75, 3.05) is 5.73 Å². The summed E-state index contributed by atoms with van der Waals surface area (Å²) in [4.78, 5) is 4.56. The zero-order valence-electron chi connectivity index (χ0n) is 9.70. The minimum atomic E-state index is -0.00991. The Morgan fingerprint density at radius 2 is 1.93 bits per heavy atom. The Morgan fingerprint density at radius 1 is 1.27 bits per heavy atom. The van der Waals surface area contributed by atoms with Crippen LogP contribution in [-0.2, 0) is 5.41 Å². The second kappa shape index (κ2) is 2.99. The summed E-state index contributed by atoms with van der Waals surface area (Å²) in [6, 6.07) is 4.05. The third-order valence-electron chi connectivity index (χ3n) is 2.51. The molecule has 0 aliphatic carbocycles. The van der Waals surface area contributed by atoms with Crippen LogP contribution in [0.4, 0.5) is 5.82 Å². The van der Waals surface area contributed by atoms with Crippen LogP contribution < -0.4 is 5.73 Å². The van der Waals surface area contributed by atoms with Gasteiger partial charge >= 0.3 is 0 Å². The molecule has 2 heterocycles. The molecule has 0 aromatic carbocycles. The van der Waals surface area contributed by atoms with Crippen LogP contribution in [0.25, 0.3) is 5.65 Å². The first-order valence-electron chi connectivity index (χ1n) is 5.14. The molecule has 0 aliphatic rings. The molecule has 0 aliphatic heterocycles. The number of imidazole rings is 1. The molecule has 80 valence electrons. The zero-order chi connectivity index (χ0) is 11.2. The van der Waals surface area contributed by atoms with Crippen molar-refractivity contribution in [3.05, 3.63) is 29.6 Å². The number of nitrogen functional groups attached to an aromatic ring is 1. The Kier molecular flexibility index (Phi) is 2.00. The first-order chi connectivity index (χ1) is 6.89. The Bertz CT molecular complexity index is 503. The van der Waals surface area contributed by atoms with E-state index < -0.39 is 0 Å². The number of nitrogens with zero attached hydrogens (tertiary/aromatic N) is 2. The minimum absolute atomic E-state index is 0.00991. The van der Waals surface area contributed by atoms with Gasteiger partial charge in [-0.2, -0.15) is 0 Å². The number of anilines is 1. The Hall–Kier alpha value is -1.51. The van der Waals surface area contributed by atoms with Gasteiger partial charge in [0.25, 0.3) is 0 Å². The fraction of sp³-hybridized carbons (Fsp3) is 0.417. The van der Waals surface area contributed by atoms with Crippen LogP contribution in [0.5, 0.6) is 0 Å². The third kappa shape index (κ3) is 1.58. The van der Waals surface area contributed by atoms with E-state index in [1.54, 1.807) is 0 Å². The normalized spacial score (nSPS) is 12.3. The molecule has 0 radical (unpaired) electrons. The first kappa shape index (κ1) is 10.0. The average Bonchev–Trinajstić information content (AvgIpc) is 2.43. The van der Waals surface area contributed by atoms with Gasteiger partial charge in [0, 0.05) is 11.6 Å². The fourth-order valence-corrected chi connectivity index (χ4v) is 1.72. The SMILES string of the molecule is Cc1ccc2nc(C(C)(C)C)c(N)n2c1. The number of hydrogen-bond donors (Lipinski definition) is 1. The fourth-order valence-electron chi connectivity index (χ4n) is 1.72. The molecule has 2 N–H and O–H groups in total. The maximum absolute atomic E-state index is 6.09. The van der Waals surface area contributed by atoms with E-state index in [-0.39, 0.29) is 5.41 Å². The summed E-state index contributed by atoms with van der Waals surface area (Å²) in [6.07, 6.45) is 2.02. The van der Waals surface area contributed by atoms with Crippen LogP contribution in [0, 0.1) is 6.92 Å². The second-order valence-corrected chi connectivity index (χ2v) is 5.03. The molecule has 0 spiro atoms. The first-order valence-corrected chi connectivity index (χ1v) is 5.14. The van der Waals surface area contributed by atoms with E-state index in [0.717, 1.165) is 17.2 Å². The largest absolute Gasteiger partial charge is 0.383 e. The number of nitrogens with two attached hydrogens (primary N) is 1. The van der Waals surface area contributed by atoms with E-state index in [4.69, 9.17) is 5.73 Å². The number of pyridine rings is 1. The summed E-state index contributed by atoms with van der Waals surface area (Å²) in [6.45, 7) is 8.42. The van der Waals surface area contributed by atoms with Crippen LogP contribution in [-0.4, -0.2) is 9.38 Å². The van der Waals surface area contributed by atoms with Crippen molar-refractivity contribution in [2.24, 2.45) is 0 Å². The molecule has 0 saturated carbocycles. The molecule has 3 nitrogen and oxygen atoms in total. The molecule has 0 amide bonds.